The number of hydrogen-bond donors (Lipinski definition) is 4. The zero-order chi connectivity index (χ0) is 14.5. The summed E-state index contributed by atoms with van der Waals surface area (Å²) in [7, 11) is 0. The number of benzene rings is 1. The number of likely N-dealkylation sites (N-methyl/N-ethyl adjacent to an activating group) is 1. The van der Waals surface area contributed by atoms with Gasteiger partial charge in [-0.25, -0.2) is 0 Å². The molecule has 4 N–H and O–H groups in total. The van der Waals surface area contributed by atoms with Crippen molar-refractivity contribution < 1.29 is 9.59 Å². The smallest absolute Gasteiger partial charge is 0.254 e. The maximum Gasteiger partial charge on any atom is 0.254 e. The Morgan fingerprint density at radius 1 is 1.30 bits per heavy atom. The van der Waals surface area contributed by atoms with Gasteiger partial charge in [-0.3, -0.25) is 9.59 Å². The Hall–Kier alpha value is -2.24. The molecule has 2 amide bonds. The summed E-state index contributed by atoms with van der Waals surface area (Å²) in [6, 6.07) is 4.93. The number of amides is 2. The molecule has 1 aliphatic heterocycles. The Morgan fingerprint density at radius 3 is 2.80 bits per heavy atom. The monoisotopic (exact) mass is 276 g/mol. The lowest BCUT2D eigenvalue weighted by Gasteiger charge is -2.23. The van der Waals surface area contributed by atoms with Gasteiger partial charge in [-0.15, -0.1) is 0 Å². The average Bonchev–Trinajstić information content (AvgIpc) is 2.46. The molecule has 108 valence electrons. The third-order valence-corrected chi connectivity index (χ3v) is 3.14. The highest BCUT2D eigenvalue weighted by Gasteiger charge is 2.20. The topological polar surface area (TPSA) is 82.3 Å². The highest BCUT2D eigenvalue weighted by atomic mass is 16.2. The van der Waals surface area contributed by atoms with Crippen molar-refractivity contribution in [3.05, 3.63) is 23.8 Å². The van der Waals surface area contributed by atoms with Crippen molar-refractivity contribution in [2.24, 2.45) is 0 Å². The maximum atomic E-state index is 12.3. The van der Waals surface area contributed by atoms with E-state index in [0.29, 0.717) is 12.1 Å². The summed E-state index contributed by atoms with van der Waals surface area (Å²) in [6.07, 6.45) is 0. The molecule has 0 aliphatic carbocycles. The zero-order valence-electron chi connectivity index (χ0n) is 11.7. The molecular formula is C14H20N4O2. The van der Waals surface area contributed by atoms with E-state index >= 15 is 0 Å². The Bertz CT molecular complexity index is 516. The van der Waals surface area contributed by atoms with Gasteiger partial charge >= 0.3 is 0 Å². The van der Waals surface area contributed by atoms with Crippen LogP contribution in [0.3, 0.4) is 0 Å². The van der Waals surface area contributed by atoms with Crippen molar-refractivity contribution in [3.8, 4) is 0 Å². The molecular weight excluding hydrogens is 256 g/mol. The van der Waals surface area contributed by atoms with Gasteiger partial charge in [0, 0.05) is 19.6 Å². The fourth-order valence-corrected chi connectivity index (χ4v) is 2.13. The number of para-hydroxylation sites is 1. The van der Waals surface area contributed by atoms with Crippen LogP contribution >= 0.6 is 0 Å². The summed E-state index contributed by atoms with van der Waals surface area (Å²) in [5.74, 6) is -0.437. The van der Waals surface area contributed by atoms with Crippen LogP contribution in [0.5, 0.6) is 0 Å². The number of hydrogen-bond acceptors (Lipinski definition) is 4. The Balaban J connectivity index is 2.12. The molecule has 1 aromatic carbocycles. The van der Waals surface area contributed by atoms with E-state index in [1.165, 1.54) is 0 Å². The van der Waals surface area contributed by atoms with Crippen molar-refractivity contribution in [2.45, 2.75) is 19.9 Å². The Morgan fingerprint density at radius 2 is 2.05 bits per heavy atom. The lowest BCUT2D eigenvalue weighted by Crippen LogP contribution is -2.45. The molecule has 1 aromatic rings. The van der Waals surface area contributed by atoms with Gasteiger partial charge in [0.05, 0.1) is 16.9 Å². The van der Waals surface area contributed by atoms with Crippen LogP contribution in [0.25, 0.3) is 0 Å². The summed E-state index contributed by atoms with van der Waals surface area (Å²) in [5, 5.41) is 11.8. The van der Waals surface area contributed by atoms with Crippen molar-refractivity contribution in [1.29, 1.82) is 0 Å². The molecule has 0 aromatic heterocycles. The van der Waals surface area contributed by atoms with E-state index in [2.05, 4.69) is 21.3 Å². The van der Waals surface area contributed by atoms with Gasteiger partial charge < -0.3 is 21.3 Å². The molecule has 1 heterocycles. The zero-order valence-corrected chi connectivity index (χ0v) is 11.7. The third kappa shape index (κ3) is 3.01. The van der Waals surface area contributed by atoms with E-state index in [4.69, 9.17) is 0 Å². The number of carbonyl (C=O) groups excluding carboxylic acids is 2. The van der Waals surface area contributed by atoms with Gasteiger partial charge in [0.1, 0.15) is 6.04 Å². The second-order valence-corrected chi connectivity index (χ2v) is 4.67. The first-order chi connectivity index (χ1) is 9.63. The van der Waals surface area contributed by atoms with E-state index in [-0.39, 0.29) is 11.8 Å². The van der Waals surface area contributed by atoms with Gasteiger partial charge in [0.15, 0.2) is 0 Å². The van der Waals surface area contributed by atoms with Crippen LogP contribution in [0.2, 0.25) is 0 Å². The van der Waals surface area contributed by atoms with Crippen LogP contribution in [-0.2, 0) is 4.79 Å². The normalized spacial score (nSPS) is 14.3. The van der Waals surface area contributed by atoms with Gasteiger partial charge in [0.2, 0.25) is 5.91 Å². The molecule has 0 saturated carbocycles. The van der Waals surface area contributed by atoms with E-state index in [0.717, 1.165) is 24.5 Å². The molecule has 0 saturated heterocycles. The first-order valence-electron chi connectivity index (χ1n) is 6.82. The van der Waals surface area contributed by atoms with Crippen LogP contribution in [0.4, 0.5) is 11.4 Å². The fraction of sp³-hybridized carbons (Fsp3) is 0.429. The van der Waals surface area contributed by atoms with E-state index in [1.807, 2.05) is 19.1 Å². The summed E-state index contributed by atoms with van der Waals surface area (Å²) in [5.41, 5.74) is 2.25. The first-order valence-corrected chi connectivity index (χ1v) is 6.82. The van der Waals surface area contributed by atoms with E-state index < -0.39 is 6.04 Å². The first kappa shape index (κ1) is 14.2. The minimum absolute atomic E-state index is 0.184. The minimum Gasteiger partial charge on any atom is -0.382 e. The third-order valence-electron chi connectivity index (χ3n) is 3.14. The number of anilines is 2. The summed E-state index contributed by atoms with van der Waals surface area (Å²) < 4.78 is 0. The van der Waals surface area contributed by atoms with E-state index in [1.54, 1.807) is 13.0 Å². The molecule has 0 radical (unpaired) electrons. The molecule has 6 heteroatoms. The Kier molecular flexibility index (Phi) is 4.45. The summed E-state index contributed by atoms with van der Waals surface area (Å²) in [4.78, 5) is 23.9. The summed E-state index contributed by atoms with van der Waals surface area (Å²) >= 11 is 0. The van der Waals surface area contributed by atoms with Crippen molar-refractivity contribution in [2.75, 3.05) is 30.3 Å². The molecule has 2 rings (SSSR count). The molecule has 1 aliphatic rings. The lowest BCUT2D eigenvalue weighted by atomic mass is 10.1. The molecule has 20 heavy (non-hydrogen) atoms. The predicted octanol–water partition coefficient (Wildman–Crippen LogP) is 0.778. The highest BCUT2D eigenvalue weighted by Crippen LogP contribution is 2.28. The molecule has 0 fully saturated rings. The van der Waals surface area contributed by atoms with Gasteiger partial charge in [-0.05, 0) is 26.0 Å². The molecule has 1 atom stereocenters. The highest BCUT2D eigenvalue weighted by molar-refractivity contribution is 6.04. The number of fused-ring (bicyclic) bond motifs is 1. The fourth-order valence-electron chi connectivity index (χ4n) is 2.13. The second kappa shape index (κ2) is 6.27. The van der Waals surface area contributed by atoms with Crippen LogP contribution in [-0.4, -0.2) is 37.5 Å². The average molecular weight is 276 g/mol. The molecule has 1 unspecified atom stereocenters. The molecule has 0 spiro atoms. The van der Waals surface area contributed by atoms with Gasteiger partial charge in [-0.1, -0.05) is 6.07 Å². The maximum absolute atomic E-state index is 12.3. The SMILES string of the molecule is CCNC(=O)C(C)NC(=O)c1cccc2c1NCCN2. The molecule has 0 bridgehead atoms. The largest absolute Gasteiger partial charge is 0.382 e. The summed E-state index contributed by atoms with van der Waals surface area (Å²) in [6.45, 7) is 5.65. The predicted molar refractivity (Wildman–Crippen MR) is 79.0 cm³/mol. The van der Waals surface area contributed by atoms with Crippen molar-refractivity contribution in [3.63, 3.8) is 0 Å². The number of nitrogens with one attached hydrogen (secondary N) is 4. The second-order valence-electron chi connectivity index (χ2n) is 4.67. The minimum atomic E-state index is -0.560. The van der Waals surface area contributed by atoms with Gasteiger partial charge in [0.25, 0.3) is 5.91 Å². The standard InChI is InChI=1S/C14H20N4O2/c1-3-15-13(19)9(2)18-14(20)10-5-4-6-11-12(10)17-8-7-16-11/h4-6,9,16-17H,3,7-8H2,1-2H3,(H,15,19)(H,18,20). The number of carbonyl (C=O) groups is 2. The Labute approximate surface area is 118 Å². The quantitative estimate of drug-likeness (QED) is 0.655. The van der Waals surface area contributed by atoms with Crippen LogP contribution in [0.15, 0.2) is 18.2 Å². The van der Waals surface area contributed by atoms with Gasteiger partial charge in [-0.2, -0.15) is 0 Å². The molecule has 6 nitrogen and oxygen atoms in total. The van der Waals surface area contributed by atoms with E-state index in [9.17, 15) is 9.59 Å². The van der Waals surface area contributed by atoms with Crippen LogP contribution in [0.1, 0.15) is 24.2 Å². The number of rotatable bonds is 4. The van der Waals surface area contributed by atoms with Crippen molar-refractivity contribution in [1.82, 2.24) is 10.6 Å². The van der Waals surface area contributed by atoms with Crippen molar-refractivity contribution >= 4 is 23.2 Å². The van der Waals surface area contributed by atoms with Crippen LogP contribution < -0.4 is 21.3 Å². The lowest BCUT2D eigenvalue weighted by molar-refractivity contribution is -0.122. The van der Waals surface area contributed by atoms with Crippen LogP contribution in [0, 0.1) is 0 Å².